The van der Waals surface area contributed by atoms with Crippen LogP contribution in [-0.2, 0) is 9.59 Å². The van der Waals surface area contributed by atoms with Crippen molar-refractivity contribution in [2.24, 2.45) is 5.92 Å². The van der Waals surface area contributed by atoms with Crippen molar-refractivity contribution in [2.75, 3.05) is 30.3 Å². The molecule has 3 rings (SSSR count). The van der Waals surface area contributed by atoms with Gasteiger partial charge in [-0.1, -0.05) is 18.2 Å². The second-order valence-corrected chi connectivity index (χ2v) is 7.33. The minimum absolute atomic E-state index is 0.0289. The number of amides is 2. The number of thioether (sulfide) groups is 1. The minimum atomic E-state index is -0.0533. The summed E-state index contributed by atoms with van der Waals surface area (Å²) in [6, 6.07) is 5.71. The topological polar surface area (TPSA) is 40.6 Å². The van der Waals surface area contributed by atoms with Gasteiger partial charge in [-0.2, -0.15) is 0 Å². The van der Waals surface area contributed by atoms with E-state index in [9.17, 15) is 9.59 Å². The van der Waals surface area contributed by atoms with E-state index in [1.807, 2.05) is 23.1 Å². The van der Waals surface area contributed by atoms with Crippen LogP contribution in [-0.4, -0.2) is 42.1 Å². The summed E-state index contributed by atoms with van der Waals surface area (Å²) in [7, 11) is 0. The first-order valence-corrected chi connectivity index (χ1v) is 9.11. The minimum Gasteiger partial charge on any atom is -0.339 e. The molecule has 6 heteroatoms. The number of rotatable bonds is 2. The predicted molar refractivity (Wildman–Crippen MR) is 94.0 cm³/mol. The van der Waals surface area contributed by atoms with Gasteiger partial charge in [-0.15, -0.1) is 11.8 Å². The highest BCUT2D eigenvalue weighted by molar-refractivity contribution is 7.99. The molecule has 23 heavy (non-hydrogen) atoms. The van der Waals surface area contributed by atoms with Crippen LogP contribution in [0.2, 0.25) is 5.02 Å². The van der Waals surface area contributed by atoms with Crippen LogP contribution in [0.4, 0.5) is 5.69 Å². The molecule has 0 radical (unpaired) electrons. The van der Waals surface area contributed by atoms with Crippen LogP contribution in [0.15, 0.2) is 35.7 Å². The third-order valence-corrected chi connectivity index (χ3v) is 5.66. The lowest BCUT2D eigenvalue weighted by molar-refractivity contribution is -0.131. The molecule has 0 saturated carbocycles. The Morgan fingerprint density at radius 3 is 2.70 bits per heavy atom. The second-order valence-electron chi connectivity index (χ2n) is 5.75. The SMILES string of the molecule is C=CC(=O)N1CCC(C(=O)N2CCSc3ccc(Cl)cc32)CC1. The molecular formula is C17H19ClN2O2S. The molecule has 0 spiro atoms. The molecule has 2 aliphatic heterocycles. The number of nitrogens with zero attached hydrogens (tertiary/aromatic N) is 2. The van der Waals surface area contributed by atoms with Crippen molar-refractivity contribution in [3.05, 3.63) is 35.9 Å². The molecule has 0 unspecified atom stereocenters. The molecular weight excluding hydrogens is 332 g/mol. The molecule has 0 aliphatic carbocycles. The predicted octanol–water partition coefficient (Wildman–Crippen LogP) is 3.20. The largest absolute Gasteiger partial charge is 0.339 e. The van der Waals surface area contributed by atoms with Gasteiger partial charge >= 0.3 is 0 Å². The molecule has 1 fully saturated rings. The zero-order chi connectivity index (χ0) is 16.4. The summed E-state index contributed by atoms with van der Waals surface area (Å²) in [5, 5.41) is 0.649. The van der Waals surface area contributed by atoms with Crippen LogP contribution in [0.1, 0.15) is 12.8 Å². The maximum absolute atomic E-state index is 12.9. The van der Waals surface area contributed by atoms with Gasteiger partial charge in [0.05, 0.1) is 5.69 Å². The van der Waals surface area contributed by atoms with Crippen molar-refractivity contribution in [1.82, 2.24) is 4.90 Å². The fraction of sp³-hybridized carbons (Fsp3) is 0.412. The van der Waals surface area contributed by atoms with Crippen molar-refractivity contribution in [1.29, 1.82) is 0 Å². The molecule has 4 nitrogen and oxygen atoms in total. The summed E-state index contributed by atoms with van der Waals surface area (Å²) in [5.74, 6) is 0.967. The lowest BCUT2D eigenvalue weighted by Crippen LogP contribution is -2.45. The molecule has 122 valence electrons. The summed E-state index contributed by atoms with van der Waals surface area (Å²) >= 11 is 7.86. The molecule has 2 heterocycles. The molecule has 1 aromatic rings. The van der Waals surface area contributed by atoms with Gasteiger partial charge in [-0.25, -0.2) is 0 Å². The Balaban J connectivity index is 1.72. The standard InChI is InChI=1S/C17H19ClN2O2S/c1-2-16(21)19-7-5-12(6-8-19)17(22)20-9-10-23-15-4-3-13(18)11-14(15)20/h2-4,11-12H,1,5-10H2. The molecule has 0 atom stereocenters. The highest BCUT2D eigenvalue weighted by Crippen LogP contribution is 2.38. The number of anilines is 1. The van der Waals surface area contributed by atoms with Crippen LogP contribution in [0.5, 0.6) is 0 Å². The van der Waals surface area contributed by atoms with Crippen LogP contribution >= 0.6 is 23.4 Å². The highest BCUT2D eigenvalue weighted by Gasteiger charge is 2.32. The lowest BCUT2D eigenvalue weighted by atomic mass is 9.95. The summed E-state index contributed by atoms with van der Waals surface area (Å²) in [4.78, 5) is 29.3. The third kappa shape index (κ3) is 3.40. The summed E-state index contributed by atoms with van der Waals surface area (Å²) in [6.45, 7) is 5.46. The molecule has 0 N–H and O–H groups in total. The summed E-state index contributed by atoms with van der Waals surface area (Å²) in [6.07, 6.45) is 2.75. The zero-order valence-electron chi connectivity index (χ0n) is 12.8. The first kappa shape index (κ1) is 16.4. The van der Waals surface area contributed by atoms with E-state index in [0.717, 1.165) is 16.3 Å². The van der Waals surface area contributed by atoms with Crippen LogP contribution in [0.3, 0.4) is 0 Å². The van der Waals surface area contributed by atoms with Crippen molar-refractivity contribution < 1.29 is 9.59 Å². The number of carbonyl (C=O) groups excluding carboxylic acids is 2. The molecule has 1 saturated heterocycles. The van der Waals surface area contributed by atoms with Crippen LogP contribution in [0, 0.1) is 5.92 Å². The van der Waals surface area contributed by atoms with Gasteiger partial charge < -0.3 is 9.80 Å². The number of benzene rings is 1. The van der Waals surface area contributed by atoms with Crippen molar-refractivity contribution in [2.45, 2.75) is 17.7 Å². The molecule has 2 amide bonds. The Hall–Kier alpha value is -1.46. The Morgan fingerprint density at radius 2 is 2.00 bits per heavy atom. The van der Waals surface area contributed by atoms with E-state index in [2.05, 4.69) is 6.58 Å². The van der Waals surface area contributed by atoms with Gasteiger partial charge in [-0.3, -0.25) is 9.59 Å². The quantitative estimate of drug-likeness (QED) is 0.769. The summed E-state index contributed by atoms with van der Waals surface area (Å²) in [5.41, 5.74) is 0.920. The van der Waals surface area contributed by atoms with Gasteiger partial charge in [0.2, 0.25) is 11.8 Å². The number of likely N-dealkylation sites (tertiary alicyclic amines) is 1. The third-order valence-electron chi connectivity index (χ3n) is 4.38. The fourth-order valence-corrected chi connectivity index (χ4v) is 4.26. The van der Waals surface area contributed by atoms with Gasteiger partial charge in [0.25, 0.3) is 0 Å². The van der Waals surface area contributed by atoms with Gasteiger partial charge in [0.1, 0.15) is 0 Å². The number of piperidine rings is 1. The average Bonchev–Trinajstić information content (AvgIpc) is 2.60. The van der Waals surface area contributed by atoms with Crippen LogP contribution in [0.25, 0.3) is 0 Å². The van der Waals surface area contributed by atoms with Gasteiger partial charge in [0, 0.05) is 41.2 Å². The van der Waals surface area contributed by atoms with Crippen LogP contribution < -0.4 is 4.90 Å². The first-order chi connectivity index (χ1) is 11.1. The first-order valence-electron chi connectivity index (χ1n) is 7.75. The number of hydrogen-bond acceptors (Lipinski definition) is 3. The Kier molecular flexibility index (Phi) is 4.97. The number of hydrogen-bond donors (Lipinski definition) is 0. The molecule has 2 aliphatic rings. The van der Waals surface area contributed by atoms with E-state index >= 15 is 0 Å². The van der Waals surface area contributed by atoms with E-state index in [4.69, 9.17) is 11.6 Å². The Morgan fingerprint density at radius 1 is 1.26 bits per heavy atom. The van der Waals surface area contributed by atoms with Crippen molar-refractivity contribution in [3.63, 3.8) is 0 Å². The van der Waals surface area contributed by atoms with E-state index in [1.54, 1.807) is 16.7 Å². The number of fused-ring (bicyclic) bond motifs is 1. The number of carbonyl (C=O) groups is 2. The fourth-order valence-electron chi connectivity index (χ4n) is 3.12. The number of halogens is 1. The highest BCUT2D eigenvalue weighted by atomic mass is 35.5. The average molecular weight is 351 g/mol. The smallest absolute Gasteiger partial charge is 0.245 e. The van der Waals surface area contributed by atoms with Gasteiger partial charge in [-0.05, 0) is 37.1 Å². The monoisotopic (exact) mass is 350 g/mol. The van der Waals surface area contributed by atoms with E-state index in [-0.39, 0.29) is 17.7 Å². The van der Waals surface area contributed by atoms with E-state index in [1.165, 1.54) is 6.08 Å². The lowest BCUT2D eigenvalue weighted by Gasteiger charge is -2.36. The summed E-state index contributed by atoms with van der Waals surface area (Å²) < 4.78 is 0. The Labute approximate surface area is 145 Å². The maximum Gasteiger partial charge on any atom is 0.245 e. The maximum atomic E-state index is 12.9. The van der Waals surface area contributed by atoms with Crippen molar-refractivity contribution >= 4 is 40.9 Å². The second kappa shape index (κ2) is 6.97. The molecule has 1 aromatic carbocycles. The molecule has 0 aromatic heterocycles. The normalized spacial score (nSPS) is 18.5. The molecule has 0 bridgehead atoms. The van der Waals surface area contributed by atoms with Crippen molar-refractivity contribution in [3.8, 4) is 0 Å². The Bertz CT molecular complexity index is 641. The van der Waals surface area contributed by atoms with E-state index < -0.39 is 0 Å². The van der Waals surface area contributed by atoms with Gasteiger partial charge in [0.15, 0.2) is 0 Å². The van der Waals surface area contributed by atoms with E-state index in [0.29, 0.717) is 37.5 Å². The zero-order valence-corrected chi connectivity index (χ0v) is 14.4.